The molecular weight excluding hydrogens is 294 g/mol. The number of imidazole rings is 1. The highest BCUT2D eigenvalue weighted by molar-refractivity contribution is 6.30. The summed E-state index contributed by atoms with van der Waals surface area (Å²) in [5, 5.41) is 9.59. The normalized spacial score (nSPS) is 12.0. The molecule has 0 bridgehead atoms. The second-order valence-corrected chi connectivity index (χ2v) is 5.01. The number of carbonyl (C=O) groups excluding carboxylic acids is 1. The number of aromatic carboxylic acids is 1. The van der Waals surface area contributed by atoms with Crippen LogP contribution in [0.25, 0.3) is 0 Å². The molecule has 1 aromatic carbocycles. The standard InChI is InChI=1S/C14H14ClN3O3/c1-8(9-4-3-5-10(15)6-9)18(2)13(19)11-12(14(20)21)17-7-16-11/h3-8H,1-2H3,(H,16,17)(H,20,21). The lowest BCUT2D eigenvalue weighted by molar-refractivity contribution is 0.0665. The zero-order chi connectivity index (χ0) is 15.6. The first kappa shape index (κ1) is 15.1. The molecular formula is C14H14ClN3O3. The second kappa shape index (κ2) is 5.97. The van der Waals surface area contributed by atoms with Crippen LogP contribution in [0.1, 0.15) is 39.5 Å². The molecule has 0 saturated carbocycles. The Balaban J connectivity index is 2.26. The SMILES string of the molecule is CC(c1cccc(Cl)c1)N(C)C(=O)c1nc[nH]c1C(=O)O. The van der Waals surface area contributed by atoms with Gasteiger partial charge in [-0.1, -0.05) is 23.7 Å². The fourth-order valence-electron chi connectivity index (χ4n) is 1.95. The molecule has 2 N–H and O–H groups in total. The highest BCUT2D eigenvalue weighted by Gasteiger charge is 2.25. The number of halogens is 1. The molecule has 7 heteroatoms. The van der Waals surface area contributed by atoms with Gasteiger partial charge >= 0.3 is 5.97 Å². The monoisotopic (exact) mass is 307 g/mol. The maximum atomic E-state index is 12.4. The maximum Gasteiger partial charge on any atom is 0.354 e. The van der Waals surface area contributed by atoms with Crippen LogP contribution in [0, 0.1) is 0 Å². The minimum Gasteiger partial charge on any atom is -0.477 e. The summed E-state index contributed by atoms with van der Waals surface area (Å²) in [6.07, 6.45) is 1.19. The fraction of sp³-hybridized carbons (Fsp3) is 0.214. The average molecular weight is 308 g/mol. The molecule has 2 aromatic rings. The number of nitrogens with zero attached hydrogens (tertiary/aromatic N) is 2. The number of H-pyrrole nitrogens is 1. The molecule has 1 atom stereocenters. The average Bonchev–Trinajstić information content (AvgIpc) is 2.94. The van der Waals surface area contributed by atoms with Gasteiger partial charge in [0, 0.05) is 12.1 Å². The third kappa shape index (κ3) is 3.05. The number of carboxylic acid groups (broad SMARTS) is 1. The quantitative estimate of drug-likeness (QED) is 0.909. The molecule has 0 fully saturated rings. The smallest absolute Gasteiger partial charge is 0.354 e. The van der Waals surface area contributed by atoms with E-state index in [1.807, 2.05) is 13.0 Å². The number of carboxylic acids is 1. The van der Waals surface area contributed by atoms with Crippen LogP contribution in [0.2, 0.25) is 5.02 Å². The van der Waals surface area contributed by atoms with Gasteiger partial charge in [-0.3, -0.25) is 4.79 Å². The van der Waals surface area contributed by atoms with Crippen LogP contribution in [0.3, 0.4) is 0 Å². The first-order valence-electron chi connectivity index (χ1n) is 6.21. The van der Waals surface area contributed by atoms with E-state index in [9.17, 15) is 9.59 Å². The van der Waals surface area contributed by atoms with E-state index in [4.69, 9.17) is 16.7 Å². The van der Waals surface area contributed by atoms with Crippen molar-refractivity contribution in [3.8, 4) is 0 Å². The van der Waals surface area contributed by atoms with Gasteiger partial charge in [0.25, 0.3) is 5.91 Å². The Labute approximate surface area is 126 Å². The fourth-order valence-corrected chi connectivity index (χ4v) is 2.15. The lowest BCUT2D eigenvalue weighted by Gasteiger charge is -2.25. The van der Waals surface area contributed by atoms with E-state index in [-0.39, 0.29) is 17.4 Å². The van der Waals surface area contributed by atoms with Crippen LogP contribution in [-0.2, 0) is 0 Å². The van der Waals surface area contributed by atoms with Gasteiger partial charge in [0.05, 0.1) is 12.4 Å². The Hall–Kier alpha value is -2.34. The van der Waals surface area contributed by atoms with E-state index in [2.05, 4.69) is 9.97 Å². The molecule has 1 heterocycles. The number of carbonyl (C=O) groups is 2. The number of benzene rings is 1. The van der Waals surface area contributed by atoms with Crippen molar-refractivity contribution in [2.75, 3.05) is 7.05 Å². The van der Waals surface area contributed by atoms with E-state index in [0.717, 1.165) is 5.56 Å². The van der Waals surface area contributed by atoms with Crippen molar-refractivity contribution in [3.05, 3.63) is 52.6 Å². The molecule has 0 spiro atoms. The number of hydrogen-bond acceptors (Lipinski definition) is 3. The predicted octanol–water partition coefficient (Wildman–Crippen LogP) is 2.59. The van der Waals surface area contributed by atoms with Crippen molar-refractivity contribution in [2.45, 2.75) is 13.0 Å². The molecule has 0 aliphatic heterocycles. The molecule has 6 nitrogen and oxygen atoms in total. The second-order valence-electron chi connectivity index (χ2n) is 4.58. The van der Waals surface area contributed by atoms with E-state index < -0.39 is 11.9 Å². The Morgan fingerprint density at radius 3 is 2.76 bits per heavy atom. The van der Waals surface area contributed by atoms with Gasteiger partial charge in [0.15, 0.2) is 11.4 Å². The van der Waals surface area contributed by atoms with Crippen LogP contribution in [0.4, 0.5) is 0 Å². The lowest BCUT2D eigenvalue weighted by atomic mass is 10.1. The number of aromatic nitrogens is 2. The molecule has 1 unspecified atom stereocenters. The topological polar surface area (TPSA) is 86.3 Å². The Bertz CT molecular complexity index is 684. The number of nitrogens with one attached hydrogen (secondary N) is 1. The predicted molar refractivity (Wildman–Crippen MR) is 77.5 cm³/mol. The van der Waals surface area contributed by atoms with Crippen LogP contribution in [0.5, 0.6) is 0 Å². The largest absolute Gasteiger partial charge is 0.477 e. The van der Waals surface area contributed by atoms with Crippen LogP contribution in [-0.4, -0.2) is 38.9 Å². The molecule has 110 valence electrons. The van der Waals surface area contributed by atoms with Gasteiger partial charge in [-0.25, -0.2) is 9.78 Å². The van der Waals surface area contributed by atoms with Crippen molar-refractivity contribution in [2.24, 2.45) is 0 Å². The summed E-state index contributed by atoms with van der Waals surface area (Å²) in [6.45, 7) is 1.83. The third-order valence-electron chi connectivity index (χ3n) is 3.29. The van der Waals surface area contributed by atoms with Gasteiger partial charge in [-0.2, -0.15) is 0 Å². The summed E-state index contributed by atoms with van der Waals surface area (Å²) in [5.74, 6) is -1.69. The summed E-state index contributed by atoms with van der Waals surface area (Å²) < 4.78 is 0. The van der Waals surface area contributed by atoms with Crippen molar-refractivity contribution < 1.29 is 14.7 Å². The first-order chi connectivity index (χ1) is 9.91. The molecule has 1 aromatic heterocycles. The molecule has 0 saturated heterocycles. The maximum absolute atomic E-state index is 12.4. The summed E-state index contributed by atoms with van der Waals surface area (Å²) >= 11 is 5.94. The Kier molecular flexibility index (Phi) is 4.28. The number of hydrogen-bond donors (Lipinski definition) is 2. The minimum atomic E-state index is -1.22. The van der Waals surface area contributed by atoms with Gasteiger partial charge in [0.2, 0.25) is 0 Å². The number of rotatable bonds is 4. The van der Waals surface area contributed by atoms with E-state index in [1.165, 1.54) is 11.2 Å². The Morgan fingerprint density at radius 2 is 2.14 bits per heavy atom. The molecule has 0 aliphatic rings. The molecule has 1 amide bonds. The molecule has 2 rings (SSSR count). The van der Waals surface area contributed by atoms with Gasteiger partial charge in [-0.15, -0.1) is 0 Å². The van der Waals surface area contributed by atoms with Crippen molar-refractivity contribution in [1.29, 1.82) is 0 Å². The van der Waals surface area contributed by atoms with Crippen LogP contribution in [0.15, 0.2) is 30.6 Å². The summed E-state index contributed by atoms with van der Waals surface area (Å²) in [4.78, 5) is 31.1. The minimum absolute atomic E-state index is 0.112. The molecule has 21 heavy (non-hydrogen) atoms. The van der Waals surface area contributed by atoms with Crippen molar-refractivity contribution in [3.63, 3.8) is 0 Å². The van der Waals surface area contributed by atoms with E-state index in [1.54, 1.807) is 25.2 Å². The number of aromatic amines is 1. The molecule has 0 aliphatic carbocycles. The van der Waals surface area contributed by atoms with Gasteiger partial charge < -0.3 is 15.0 Å². The number of amides is 1. The van der Waals surface area contributed by atoms with Crippen molar-refractivity contribution >= 4 is 23.5 Å². The highest BCUT2D eigenvalue weighted by Crippen LogP contribution is 2.23. The summed E-state index contributed by atoms with van der Waals surface area (Å²) in [5.41, 5.74) is 0.523. The Morgan fingerprint density at radius 1 is 1.43 bits per heavy atom. The molecule has 0 radical (unpaired) electrons. The first-order valence-corrected chi connectivity index (χ1v) is 6.59. The lowest BCUT2D eigenvalue weighted by Crippen LogP contribution is -2.31. The summed E-state index contributed by atoms with van der Waals surface area (Å²) in [7, 11) is 1.59. The van der Waals surface area contributed by atoms with E-state index >= 15 is 0 Å². The van der Waals surface area contributed by atoms with Gasteiger partial charge in [0.1, 0.15) is 0 Å². The van der Waals surface area contributed by atoms with E-state index in [0.29, 0.717) is 5.02 Å². The highest BCUT2D eigenvalue weighted by atomic mass is 35.5. The van der Waals surface area contributed by atoms with Crippen LogP contribution >= 0.6 is 11.6 Å². The zero-order valence-electron chi connectivity index (χ0n) is 11.5. The van der Waals surface area contributed by atoms with Gasteiger partial charge in [-0.05, 0) is 24.6 Å². The van der Waals surface area contributed by atoms with Crippen molar-refractivity contribution in [1.82, 2.24) is 14.9 Å². The summed E-state index contributed by atoms with van der Waals surface area (Å²) in [6, 6.07) is 6.89. The zero-order valence-corrected chi connectivity index (χ0v) is 12.3. The third-order valence-corrected chi connectivity index (χ3v) is 3.52. The van der Waals surface area contributed by atoms with Crippen LogP contribution < -0.4 is 0 Å².